The molecule has 5 heteroatoms. The van der Waals surface area contributed by atoms with Crippen molar-refractivity contribution in [2.75, 3.05) is 7.11 Å². The lowest BCUT2D eigenvalue weighted by Gasteiger charge is -2.03. The zero-order chi connectivity index (χ0) is 12.5. The smallest absolute Gasteiger partial charge is 0.331 e. The number of benzene rings is 1. The molecule has 0 saturated heterocycles. The van der Waals surface area contributed by atoms with Crippen LogP contribution in [-0.4, -0.2) is 21.6 Å². The van der Waals surface area contributed by atoms with Gasteiger partial charge in [0.1, 0.15) is 11.3 Å². The van der Waals surface area contributed by atoms with E-state index in [2.05, 4.69) is 9.97 Å². The average Bonchev–Trinajstić information content (AvgIpc) is 2.75. The van der Waals surface area contributed by atoms with E-state index in [4.69, 9.17) is 4.74 Å². The van der Waals surface area contributed by atoms with Crippen LogP contribution < -0.4 is 10.4 Å². The number of hydrogen-bond donors (Lipinski definition) is 1. The monoisotopic (exact) mass is 241 g/mol. The molecule has 2 heterocycles. The molecule has 0 atom stereocenters. The molecule has 18 heavy (non-hydrogen) atoms. The van der Waals surface area contributed by atoms with Crippen molar-refractivity contribution in [3.63, 3.8) is 0 Å². The van der Waals surface area contributed by atoms with Gasteiger partial charge in [0, 0.05) is 12.4 Å². The van der Waals surface area contributed by atoms with Crippen LogP contribution in [0.5, 0.6) is 5.75 Å². The molecule has 0 aliphatic carbocycles. The fourth-order valence-electron chi connectivity index (χ4n) is 2.02. The molecular formula is C13H11N3O2. The quantitative estimate of drug-likeness (QED) is 0.743. The molecule has 0 spiro atoms. The third-order valence-electron chi connectivity index (χ3n) is 2.82. The minimum atomic E-state index is -0.194. The van der Waals surface area contributed by atoms with Gasteiger partial charge >= 0.3 is 5.69 Å². The minimum Gasteiger partial charge on any atom is -0.494 e. The van der Waals surface area contributed by atoms with Crippen LogP contribution in [0.25, 0.3) is 16.7 Å². The predicted octanol–water partition coefficient (Wildman–Crippen LogP) is 1.72. The van der Waals surface area contributed by atoms with Gasteiger partial charge in [-0.1, -0.05) is 6.07 Å². The number of H-pyrrole nitrogens is 1. The normalized spacial score (nSPS) is 10.7. The molecule has 90 valence electrons. The molecule has 1 aromatic carbocycles. The number of methoxy groups -OCH3 is 1. The first-order valence-electron chi connectivity index (χ1n) is 5.49. The van der Waals surface area contributed by atoms with E-state index >= 15 is 0 Å². The van der Waals surface area contributed by atoms with Gasteiger partial charge in [-0.05, 0) is 24.3 Å². The van der Waals surface area contributed by atoms with Gasteiger partial charge in [-0.2, -0.15) is 0 Å². The maximum atomic E-state index is 12.0. The first-order chi connectivity index (χ1) is 8.81. The summed E-state index contributed by atoms with van der Waals surface area (Å²) in [6, 6.07) is 9.11. The van der Waals surface area contributed by atoms with Gasteiger partial charge < -0.3 is 9.72 Å². The molecular weight excluding hydrogens is 230 g/mol. The summed E-state index contributed by atoms with van der Waals surface area (Å²) in [6.45, 7) is 0. The molecule has 5 nitrogen and oxygen atoms in total. The van der Waals surface area contributed by atoms with Crippen molar-refractivity contribution in [3.05, 3.63) is 53.2 Å². The van der Waals surface area contributed by atoms with Crippen LogP contribution in [0.4, 0.5) is 0 Å². The maximum absolute atomic E-state index is 12.0. The van der Waals surface area contributed by atoms with Gasteiger partial charge in [-0.25, -0.2) is 4.79 Å². The van der Waals surface area contributed by atoms with E-state index in [1.165, 1.54) is 0 Å². The Morgan fingerprint density at radius 3 is 2.72 bits per heavy atom. The van der Waals surface area contributed by atoms with E-state index in [-0.39, 0.29) is 5.69 Å². The van der Waals surface area contributed by atoms with Crippen LogP contribution in [0.1, 0.15) is 0 Å². The second-order valence-corrected chi connectivity index (χ2v) is 3.83. The Hall–Kier alpha value is -2.56. The summed E-state index contributed by atoms with van der Waals surface area (Å²) in [5, 5.41) is 0. The molecule has 3 aromatic rings. The fourth-order valence-corrected chi connectivity index (χ4v) is 2.02. The van der Waals surface area contributed by atoms with Crippen molar-refractivity contribution in [2.45, 2.75) is 0 Å². The highest BCUT2D eigenvalue weighted by Gasteiger charge is 2.11. The van der Waals surface area contributed by atoms with Gasteiger partial charge in [-0.15, -0.1) is 0 Å². The Kier molecular flexibility index (Phi) is 2.37. The zero-order valence-corrected chi connectivity index (χ0v) is 9.75. The van der Waals surface area contributed by atoms with E-state index in [0.717, 1.165) is 11.2 Å². The summed E-state index contributed by atoms with van der Waals surface area (Å²) in [6.07, 6.45) is 3.31. The second-order valence-electron chi connectivity index (χ2n) is 3.83. The van der Waals surface area contributed by atoms with Gasteiger partial charge in [0.2, 0.25) is 0 Å². The number of nitrogens with one attached hydrogen (secondary N) is 1. The van der Waals surface area contributed by atoms with Crippen LogP contribution in [0, 0.1) is 0 Å². The van der Waals surface area contributed by atoms with Crippen LogP contribution in [-0.2, 0) is 0 Å². The zero-order valence-electron chi connectivity index (χ0n) is 9.75. The SMILES string of the molecule is COc1cccc2c1[nH]c(=O)n2-c1ccncc1. The van der Waals surface area contributed by atoms with E-state index in [1.807, 2.05) is 18.2 Å². The molecule has 0 bridgehead atoms. The number of rotatable bonds is 2. The number of para-hydroxylation sites is 1. The Morgan fingerprint density at radius 1 is 1.22 bits per heavy atom. The topological polar surface area (TPSA) is 59.9 Å². The first-order valence-corrected chi connectivity index (χ1v) is 5.49. The molecule has 2 aromatic heterocycles. The second kappa shape index (κ2) is 4.03. The van der Waals surface area contributed by atoms with Gasteiger partial charge in [0.15, 0.2) is 0 Å². The fraction of sp³-hybridized carbons (Fsp3) is 0.0769. The summed E-state index contributed by atoms with van der Waals surface area (Å²) in [5.41, 5.74) is 2.06. The highest BCUT2D eigenvalue weighted by atomic mass is 16.5. The largest absolute Gasteiger partial charge is 0.494 e. The molecule has 0 unspecified atom stereocenters. The van der Waals surface area contributed by atoms with Crippen molar-refractivity contribution in [1.29, 1.82) is 0 Å². The number of pyridine rings is 1. The summed E-state index contributed by atoms with van der Waals surface area (Å²) >= 11 is 0. The number of nitrogens with zero attached hydrogens (tertiary/aromatic N) is 2. The van der Waals surface area contributed by atoms with E-state index < -0.39 is 0 Å². The summed E-state index contributed by atoms with van der Waals surface area (Å²) in [7, 11) is 1.58. The lowest BCUT2D eigenvalue weighted by molar-refractivity contribution is 0.419. The van der Waals surface area contributed by atoms with Crippen molar-refractivity contribution in [3.8, 4) is 11.4 Å². The molecule has 0 saturated carbocycles. The van der Waals surface area contributed by atoms with Crippen LogP contribution in [0.3, 0.4) is 0 Å². The molecule has 3 rings (SSSR count). The summed E-state index contributed by atoms with van der Waals surface area (Å²) in [5.74, 6) is 0.650. The third-order valence-corrected chi connectivity index (χ3v) is 2.82. The summed E-state index contributed by atoms with van der Waals surface area (Å²) < 4.78 is 6.83. The lowest BCUT2D eigenvalue weighted by Crippen LogP contribution is -2.14. The van der Waals surface area contributed by atoms with Crippen molar-refractivity contribution < 1.29 is 4.74 Å². The number of aromatic amines is 1. The Labute approximate surface area is 103 Å². The van der Waals surface area contributed by atoms with Crippen LogP contribution >= 0.6 is 0 Å². The Bertz CT molecular complexity index is 744. The molecule has 1 N–H and O–H groups in total. The van der Waals surface area contributed by atoms with Crippen molar-refractivity contribution >= 4 is 11.0 Å². The molecule has 0 aliphatic heterocycles. The van der Waals surface area contributed by atoms with Gasteiger partial charge in [-0.3, -0.25) is 9.55 Å². The number of imidazole rings is 1. The number of fused-ring (bicyclic) bond motifs is 1. The van der Waals surface area contributed by atoms with Gasteiger partial charge in [0.25, 0.3) is 0 Å². The van der Waals surface area contributed by atoms with Crippen LogP contribution in [0.2, 0.25) is 0 Å². The standard InChI is InChI=1S/C13H11N3O2/c1-18-11-4-2-3-10-12(11)15-13(17)16(10)9-5-7-14-8-6-9/h2-8H,1H3,(H,15,17). The van der Waals surface area contributed by atoms with Gasteiger partial charge in [0.05, 0.1) is 18.3 Å². The van der Waals surface area contributed by atoms with Crippen molar-refractivity contribution in [1.82, 2.24) is 14.5 Å². The van der Waals surface area contributed by atoms with Crippen molar-refractivity contribution in [2.24, 2.45) is 0 Å². The van der Waals surface area contributed by atoms with E-state index in [9.17, 15) is 4.79 Å². The first kappa shape index (κ1) is 10.6. The van der Waals surface area contributed by atoms with E-state index in [1.54, 1.807) is 36.2 Å². The lowest BCUT2D eigenvalue weighted by atomic mass is 10.3. The summed E-state index contributed by atoms with van der Waals surface area (Å²) in [4.78, 5) is 18.8. The highest BCUT2D eigenvalue weighted by Crippen LogP contribution is 2.23. The molecule has 0 fully saturated rings. The van der Waals surface area contributed by atoms with E-state index in [0.29, 0.717) is 11.3 Å². The Balaban J connectivity index is 2.37. The number of hydrogen-bond acceptors (Lipinski definition) is 3. The highest BCUT2D eigenvalue weighted by molar-refractivity contribution is 5.83. The molecule has 0 amide bonds. The third kappa shape index (κ3) is 1.48. The number of ether oxygens (including phenoxy) is 1. The molecule has 0 radical (unpaired) electrons. The minimum absolute atomic E-state index is 0.194. The predicted molar refractivity (Wildman–Crippen MR) is 68.2 cm³/mol. The number of aromatic nitrogens is 3. The molecule has 0 aliphatic rings. The average molecular weight is 241 g/mol. The maximum Gasteiger partial charge on any atom is 0.331 e. The Morgan fingerprint density at radius 2 is 2.00 bits per heavy atom. The van der Waals surface area contributed by atoms with Crippen LogP contribution in [0.15, 0.2) is 47.5 Å².